The number of hydrogen-bond donors (Lipinski definition) is 1. The zero-order valence-electron chi connectivity index (χ0n) is 23.4. The summed E-state index contributed by atoms with van der Waals surface area (Å²) in [6, 6.07) is 0.401. The van der Waals surface area contributed by atoms with Crippen LogP contribution in [0.5, 0.6) is 0 Å². The molecular weight excluding hydrogens is 595 g/mol. The maximum Gasteiger partial charge on any atom is 0.436 e. The van der Waals surface area contributed by atoms with Gasteiger partial charge in [0.05, 0.1) is 17.7 Å². The van der Waals surface area contributed by atoms with E-state index in [1.807, 2.05) is 0 Å². The molecule has 2 aliphatic heterocycles. The number of amides is 1. The van der Waals surface area contributed by atoms with Gasteiger partial charge < -0.3 is 14.6 Å². The summed E-state index contributed by atoms with van der Waals surface area (Å²) in [7, 11) is 0. The fourth-order valence-electron chi connectivity index (χ4n) is 5.59. The van der Waals surface area contributed by atoms with E-state index >= 15 is 0 Å². The summed E-state index contributed by atoms with van der Waals surface area (Å²) in [4.78, 5) is 19.9. The number of carbonyl (C=O) groups excluding carboxylic acids is 1. The monoisotopic (exact) mass is 628 g/mol. The van der Waals surface area contributed by atoms with Crippen molar-refractivity contribution in [3.63, 3.8) is 0 Å². The number of nitrogens with zero attached hydrogens (tertiary/aromatic N) is 3. The number of piperidine rings is 2. The average molecular weight is 629 g/mol. The summed E-state index contributed by atoms with van der Waals surface area (Å²) in [6.45, 7) is 5.76. The lowest BCUT2D eigenvalue weighted by atomic mass is 9.95. The molecule has 0 aliphatic carbocycles. The third-order valence-electron chi connectivity index (χ3n) is 7.82. The smallest absolute Gasteiger partial charge is 0.436 e. The summed E-state index contributed by atoms with van der Waals surface area (Å²) >= 11 is 0. The van der Waals surface area contributed by atoms with Crippen molar-refractivity contribution in [2.75, 3.05) is 39.3 Å². The van der Waals surface area contributed by atoms with Crippen LogP contribution in [0.2, 0.25) is 0 Å². The number of hydrogen-bond acceptors (Lipinski definition) is 5. The highest BCUT2D eigenvalue weighted by Crippen LogP contribution is 2.40. The number of aromatic nitrogens is 1. The van der Waals surface area contributed by atoms with Crippen molar-refractivity contribution in [1.82, 2.24) is 20.1 Å². The van der Waals surface area contributed by atoms with Crippen molar-refractivity contribution in [3.8, 4) is 11.5 Å². The van der Waals surface area contributed by atoms with Gasteiger partial charge in [0.15, 0.2) is 11.5 Å². The van der Waals surface area contributed by atoms with E-state index in [0.29, 0.717) is 25.3 Å². The molecule has 240 valence electrons. The molecule has 6 nitrogen and oxygen atoms in total. The average Bonchev–Trinajstić information content (AvgIpc) is 3.35. The van der Waals surface area contributed by atoms with Crippen LogP contribution in [0.4, 0.5) is 39.5 Å². The van der Waals surface area contributed by atoms with Gasteiger partial charge in [-0.3, -0.25) is 9.69 Å². The predicted octanol–water partition coefficient (Wildman–Crippen LogP) is 6.85. The quantitative estimate of drug-likeness (QED) is 0.256. The molecule has 0 spiro atoms. The first-order valence-corrected chi connectivity index (χ1v) is 14.1. The van der Waals surface area contributed by atoms with E-state index in [1.165, 1.54) is 6.42 Å². The first-order chi connectivity index (χ1) is 20.0. The lowest BCUT2D eigenvalue weighted by Gasteiger charge is -2.31. The molecule has 1 aromatic heterocycles. The molecule has 2 saturated heterocycles. The minimum atomic E-state index is -5.19. The summed E-state index contributed by atoms with van der Waals surface area (Å²) in [5.74, 6) is -1.54. The largest absolute Gasteiger partial charge is 0.439 e. The number of rotatable bonds is 8. The maximum atomic E-state index is 13.8. The topological polar surface area (TPSA) is 61.6 Å². The van der Waals surface area contributed by atoms with Crippen LogP contribution in [0.1, 0.15) is 61.6 Å². The molecule has 0 radical (unpaired) electrons. The van der Waals surface area contributed by atoms with E-state index in [0.717, 1.165) is 32.5 Å². The molecule has 3 heterocycles. The van der Waals surface area contributed by atoms with Crippen molar-refractivity contribution in [1.29, 1.82) is 0 Å². The summed E-state index contributed by atoms with van der Waals surface area (Å²) < 4.78 is 126. The van der Waals surface area contributed by atoms with Gasteiger partial charge in [-0.05, 0) is 82.4 Å². The molecule has 1 amide bonds. The second-order valence-electron chi connectivity index (χ2n) is 11.3. The Labute approximate surface area is 242 Å². The van der Waals surface area contributed by atoms with Crippen molar-refractivity contribution in [2.45, 2.75) is 64.1 Å². The van der Waals surface area contributed by atoms with Gasteiger partial charge in [-0.1, -0.05) is 6.92 Å². The molecule has 2 aliphatic rings. The lowest BCUT2D eigenvalue weighted by Crippen LogP contribution is -2.41. The van der Waals surface area contributed by atoms with Crippen molar-refractivity contribution < 1.29 is 48.7 Å². The minimum absolute atomic E-state index is 0.130. The Morgan fingerprint density at radius 1 is 0.907 bits per heavy atom. The van der Waals surface area contributed by atoms with Crippen LogP contribution in [0.25, 0.3) is 11.5 Å². The van der Waals surface area contributed by atoms with Crippen molar-refractivity contribution in [3.05, 3.63) is 40.8 Å². The Balaban J connectivity index is 1.39. The number of oxazole rings is 1. The second kappa shape index (κ2) is 13.0. The van der Waals surface area contributed by atoms with Gasteiger partial charge in [-0.15, -0.1) is 0 Å². The van der Waals surface area contributed by atoms with Crippen LogP contribution < -0.4 is 5.32 Å². The number of carbonyl (C=O) groups is 1. The predicted molar refractivity (Wildman–Crippen MR) is 137 cm³/mol. The van der Waals surface area contributed by atoms with E-state index in [9.17, 15) is 44.3 Å². The molecule has 43 heavy (non-hydrogen) atoms. The van der Waals surface area contributed by atoms with Gasteiger partial charge in [0.1, 0.15) is 0 Å². The Morgan fingerprint density at radius 2 is 1.53 bits per heavy atom. The summed E-state index contributed by atoms with van der Waals surface area (Å²) in [5, 5.41) is 2.93. The van der Waals surface area contributed by atoms with Gasteiger partial charge in [0, 0.05) is 24.6 Å². The Bertz CT molecular complexity index is 1220. The van der Waals surface area contributed by atoms with Crippen molar-refractivity contribution >= 4 is 5.91 Å². The minimum Gasteiger partial charge on any atom is -0.439 e. The molecule has 2 fully saturated rings. The molecule has 0 bridgehead atoms. The first kappa shape index (κ1) is 33.1. The van der Waals surface area contributed by atoms with Crippen LogP contribution in [-0.2, 0) is 29.9 Å². The molecular formula is C28H33F9N4O2. The van der Waals surface area contributed by atoms with Crippen LogP contribution in [0.15, 0.2) is 22.6 Å². The second-order valence-corrected chi connectivity index (χ2v) is 11.3. The maximum absolute atomic E-state index is 13.8. The van der Waals surface area contributed by atoms with E-state index in [1.54, 1.807) is 4.90 Å². The zero-order chi connectivity index (χ0) is 31.6. The highest BCUT2D eigenvalue weighted by molar-refractivity contribution is 5.78. The molecule has 1 atom stereocenters. The van der Waals surface area contributed by atoms with E-state index < -0.39 is 59.1 Å². The molecule has 2 aromatic rings. The SMILES string of the molecule is C[C@@H]1CCCN(CCCNC(=O)C2CCN(Cc3oc(-c4cc(C(F)(F)F)cc(C(F)(F)F)c4)nc3C(F)(F)F)CC2)C1. The Kier molecular flexibility index (Phi) is 10.0. The fourth-order valence-corrected chi connectivity index (χ4v) is 5.59. The van der Waals surface area contributed by atoms with Crippen molar-refractivity contribution in [2.24, 2.45) is 11.8 Å². The molecule has 0 saturated carbocycles. The lowest BCUT2D eigenvalue weighted by molar-refractivity contribution is -0.144. The van der Waals surface area contributed by atoms with Gasteiger partial charge in [-0.25, -0.2) is 4.98 Å². The van der Waals surface area contributed by atoms with Crippen LogP contribution in [0, 0.1) is 11.8 Å². The number of halogens is 9. The standard InChI is InChI=1S/C28H33F9N4O2/c1-17-4-2-8-40(15-17)9-3-7-38-24(42)18-5-10-41(11-6-18)16-22-23(28(35,36)37)39-25(43-22)19-12-20(26(29,30)31)14-21(13-19)27(32,33)34/h12-14,17-18H,2-11,15-16H2,1H3,(H,38,42)/t17-/m1/s1. The van der Waals surface area contributed by atoms with Gasteiger partial charge in [0.2, 0.25) is 11.8 Å². The zero-order valence-corrected chi connectivity index (χ0v) is 23.4. The number of benzene rings is 1. The molecule has 0 unspecified atom stereocenters. The fraction of sp³-hybridized carbons (Fsp3) is 0.643. The van der Waals surface area contributed by atoms with Gasteiger partial charge in [-0.2, -0.15) is 39.5 Å². The van der Waals surface area contributed by atoms with Crippen LogP contribution in [-0.4, -0.2) is 60.0 Å². The van der Waals surface area contributed by atoms with E-state index in [2.05, 4.69) is 22.1 Å². The van der Waals surface area contributed by atoms with E-state index in [4.69, 9.17) is 4.42 Å². The van der Waals surface area contributed by atoms with E-state index in [-0.39, 0.29) is 43.1 Å². The summed E-state index contributed by atoms with van der Waals surface area (Å²) in [5.41, 5.74) is -5.82. The highest BCUT2D eigenvalue weighted by atomic mass is 19.4. The van der Waals surface area contributed by atoms with Gasteiger partial charge >= 0.3 is 18.5 Å². The first-order valence-electron chi connectivity index (χ1n) is 14.1. The number of likely N-dealkylation sites (tertiary alicyclic amines) is 2. The van der Waals surface area contributed by atoms with Crippen LogP contribution in [0.3, 0.4) is 0 Å². The van der Waals surface area contributed by atoms with Gasteiger partial charge in [0.25, 0.3) is 0 Å². The van der Waals surface area contributed by atoms with Crippen LogP contribution >= 0.6 is 0 Å². The normalized spacial score (nSPS) is 20.0. The third-order valence-corrected chi connectivity index (χ3v) is 7.82. The number of alkyl halides is 9. The molecule has 1 aromatic carbocycles. The highest BCUT2D eigenvalue weighted by Gasteiger charge is 2.41. The Hall–Kier alpha value is -2.81. The summed E-state index contributed by atoms with van der Waals surface area (Å²) in [6.07, 6.45) is -11.5. The number of nitrogens with one attached hydrogen (secondary N) is 1. The molecule has 1 N–H and O–H groups in total. The molecule has 4 rings (SSSR count). The molecule has 15 heteroatoms. The third kappa shape index (κ3) is 8.87. The Morgan fingerprint density at radius 3 is 2.09 bits per heavy atom.